The van der Waals surface area contributed by atoms with Crippen LogP contribution in [0.2, 0.25) is 0 Å². The fraction of sp³-hybridized carbons (Fsp3) is 0.600. The summed E-state index contributed by atoms with van der Waals surface area (Å²) >= 11 is 3.26. The van der Waals surface area contributed by atoms with E-state index in [0.29, 0.717) is 18.1 Å². The largest absolute Gasteiger partial charge is 0.354 e. The summed E-state index contributed by atoms with van der Waals surface area (Å²) in [7, 11) is 1.71. The molecule has 0 radical (unpaired) electrons. The van der Waals surface area contributed by atoms with E-state index in [9.17, 15) is 9.18 Å². The predicted molar refractivity (Wildman–Crippen MR) is 111 cm³/mol. The predicted octanol–water partition coefficient (Wildman–Crippen LogP) is 3.68. The summed E-state index contributed by atoms with van der Waals surface area (Å²) in [4.78, 5) is 18.7. The van der Waals surface area contributed by atoms with Crippen LogP contribution in [0.3, 0.4) is 0 Å². The normalized spacial score (nSPS) is 15.9. The zero-order valence-electron chi connectivity index (χ0n) is 16.4. The van der Waals surface area contributed by atoms with Crippen LogP contribution in [0.15, 0.2) is 27.7 Å². The molecule has 1 aliphatic heterocycles. The quantitative estimate of drug-likeness (QED) is 0.523. The Labute approximate surface area is 169 Å². The molecule has 5 nitrogen and oxygen atoms in total. The maximum Gasteiger partial charge on any atom is 0.225 e. The van der Waals surface area contributed by atoms with Gasteiger partial charge in [0.25, 0.3) is 0 Å². The summed E-state index contributed by atoms with van der Waals surface area (Å²) in [5.74, 6) is 0.832. The number of nitrogens with one attached hydrogen (secondary N) is 2. The van der Waals surface area contributed by atoms with Gasteiger partial charge in [0.2, 0.25) is 5.91 Å². The number of carbonyl (C=O) groups excluding carboxylic acids is 1. The molecular weight excluding hydrogens is 411 g/mol. The highest BCUT2D eigenvalue weighted by molar-refractivity contribution is 9.10. The molecule has 27 heavy (non-hydrogen) atoms. The molecule has 1 aliphatic rings. The second kappa shape index (κ2) is 10.6. The van der Waals surface area contributed by atoms with Crippen LogP contribution < -0.4 is 10.6 Å². The number of benzene rings is 1. The Kier molecular flexibility index (Phi) is 8.54. The topological polar surface area (TPSA) is 56.7 Å². The van der Waals surface area contributed by atoms with Crippen LogP contribution in [0, 0.1) is 11.7 Å². The molecule has 0 atom stereocenters. The van der Waals surface area contributed by atoms with Crippen molar-refractivity contribution >= 4 is 27.8 Å². The van der Waals surface area contributed by atoms with Gasteiger partial charge in [0.05, 0.1) is 0 Å². The Balaban J connectivity index is 1.81. The number of aliphatic imine (C=N–C) groups is 1. The minimum atomic E-state index is -0.249. The van der Waals surface area contributed by atoms with E-state index in [1.807, 2.05) is 11.0 Å². The lowest BCUT2D eigenvalue weighted by Crippen LogP contribution is -2.50. The number of hydrogen-bond donors (Lipinski definition) is 2. The SMILES string of the molecule is CCC(CC)C(=O)N1CCC(NC(=NC)NCc2ccc(Br)cc2F)CC1. The number of piperidine rings is 1. The van der Waals surface area contributed by atoms with E-state index in [1.54, 1.807) is 13.1 Å². The minimum absolute atomic E-state index is 0.143. The van der Waals surface area contributed by atoms with E-state index in [-0.39, 0.29) is 23.7 Å². The molecule has 0 aromatic heterocycles. The lowest BCUT2D eigenvalue weighted by molar-refractivity contribution is -0.136. The minimum Gasteiger partial charge on any atom is -0.354 e. The summed E-state index contributed by atoms with van der Waals surface area (Å²) < 4.78 is 14.7. The molecule has 1 aromatic rings. The highest BCUT2D eigenvalue weighted by atomic mass is 79.9. The molecule has 0 unspecified atom stereocenters. The summed E-state index contributed by atoms with van der Waals surface area (Å²) in [5.41, 5.74) is 0.590. The van der Waals surface area contributed by atoms with E-state index in [0.717, 1.165) is 43.2 Å². The molecule has 0 aliphatic carbocycles. The van der Waals surface area contributed by atoms with Gasteiger partial charge in [-0.05, 0) is 37.8 Å². The molecule has 0 saturated carbocycles. The van der Waals surface area contributed by atoms with Crippen LogP contribution >= 0.6 is 15.9 Å². The third-order valence-electron chi connectivity index (χ3n) is 5.17. The molecule has 1 saturated heterocycles. The van der Waals surface area contributed by atoms with Gasteiger partial charge in [-0.15, -0.1) is 0 Å². The first-order chi connectivity index (χ1) is 13.0. The number of hydrogen-bond acceptors (Lipinski definition) is 2. The molecule has 0 bridgehead atoms. The standard InChI is InChI=1S/C20H30BrFN4O/c1-4-14(5-2)19(27)26-10-8-17(9-11-26)25-20(23-3)24-13-15-6-7-16(21)12-18(15)22/h6-7,12,14,17H,4-5,8-11,13H2,1-3H3,(H2,23,24,25). The molecule has 0 spiro atoms. The number of carbonyl (C=O) groups is 1. The highest BCUT2D eigenvalue weighted by Gasteiger charge is 2.26. The van der Waals surface area contributed by atoms with Gasteiger partial charge < -0.3 is 15.5 Å². The van der Waals surface area contributed by atoms with E-state index < -0.39 is 0 Å². The lowest BCUT2D eigenvalue weighted by Gasteiger charge is -2.34. The van der Waals surface area contributed by atoms with Crippen LogP contribution in [0.25, 0.3) is 0 Å². The molecule has 1 amide bonds. The van der Waals surface area contributed by atoms with Gasteiger partial charge >= 0.3 is 0 Å². The molecule has 2 rings (SSSR count). The van der Waals surface area contributed by atoms with Gasteiger partial charge in [-0.2, -0.15) is 0 Å². The third-order valence-corrected chi connectivity index (χ3v) is 5.66. The van der Waals surface area contributed by atoms with Crippen LogP contribution in [0.5, 0.6) is 0 Å². The molecule has 1 heterocycles. The fourth-order valence-electron chi connectivity index (χ4n) is 3.37. The van der Waals surface area contributed by atoms with E-state index >= 15 is 0 Å². The Hall–Kier alpha value is -1.63. The second-order valence-corrected chi connectivity index (χ2v) is 7.83. The molecule has 1 fully saturated rings. The first-order valence-corrected chi connectivity index (χ1v) is 10.5. The van der Waals surface area contributed by atoms with E-state index in [2.05, 4.69) is 45.4 Å². The Morgan fingerprint density at radius 1 is 1.33 bits per heavy atom. The van der Waals surface area contributed by atoms with Crippen molar-refractivity contribution in [3.05, 3.63) is 34.1 Å². The van der Waals surface area contributed by atoms with Crippen LogP contribution in [-0.4, -0.2) is 42.9 Å². The van der Waals surface area contributed by atoms with Gasteiger partial charge in [0.15, 0.2) is 5.96 Å². The maximum atomic E-state index is 13.9. The second-order valence-electron chi connectivity index (χ2n) is 6.92. The third kappa shape index (κ3) is 6.19. The van der Waals surface area contributed by atoms with Gasteiger partial charge in [0, 0.05) is 48.7 Å². The van der Waals surface area contributed by atoms with Crippen molar-refractivity contribution in [2.45, 2.75) is 52.1 Å². The molecule has 7 heteroatoms. The Bertz CT molecular complexity index is 655. The number of likely N-dealkylation sites (tertiary alicyclic amines) is 1. The van der Waals surface area contributed by atoms with Crippen LogP contribution in [0.1, 0.15) is 45.1 Å². The molecular formula is C20H30BrFN4O. The summed E-state index contributed by atoms with van der Waals surface area (Å²) in [6.45, 7) is 6.05. The fourth-order valence-corrected chi connectivity index (χ4v) is 3.71. The average Bonchev–Trinajstić information content (AvgIpc) is 2.67. The average molecular weight is 441 g/mol. The van der Waals surface area contributed by atoms with Gasteiger partial charge in [-0.3, -0.25) is 9.79 Å². The number of nitrogens with zero attached hydrogens (tertiary/aromatic N) is 2. The highest BCUT2D eigenvalue weighted by Crippen LogP contribution is 2.18. The summed E-state index contributed by atoms with van der Waals surface area (Å²) in [6.07, 6.45) is 3.58. The number of rotatable bonds is 6. The first kappa shape index (κ1) is 21.7. The van der Waals surface area contributed by atoms with Crippen molar-refractivity contribution in [1.82, 2.24) is 15.5 Å². The van der Waals surface area contributed by atoms with Crippen LogP contribution in [-0.2, 0) is 11.3 Å². The molecule has 150 valence electrons. The molecule has 1 aromatic carbocycles. The maximum absolute atomic E-state index is 13.9. The van der Waals surface area contributed by atoms with Gasteiger partial charge in [-0.25, -0.2) is 4.39 Å². The first-order valence-electron chi connectivity index (χ1n) is 9.68. The lowest BCUT2D eigenvalue weighted by atomic mass is 9.98. The Morgan fingerprint density at radius 3 is 2.56 bits per heavy atom. The zero-order chi connectivity index (χ0) is 19.8. The van der Waals surface area contributed by atoms with Gasteiger partial charge in [-0.1, -0.05) is 35.8 Å². The number of amides is 1. The van der Waals surface area contributed by atoms with E-state index in [4.69, 9.17) is 0 Å². The zero-order valence-corrected chi connectivity index (χ0v) is 18.0. The van der Waals surface area contributed by atoms with Crippen molar-refractivity contribution in [2.24, 2.45) is 10.9 Å². The van der Waals surface area contributed by atoms with Crippen LogP contribution in [0.4, 0.5) is 4.39 Å². The smallest absolute Gasteiger partial charge is 0.225 e. The van der Waals surface area contributed by atoms with Crippen molar-refractivity contribution in [3.8, 4) is 0 Å². The number of guanidine groups is 1. The van der Waals surface area contributed by atoms with Gasteiger partial charge in [0.1, 0.15) is 5.82 Å². The summed E-state index contributed by atoms with van der Waals surface area (Å²) in [6, 6.07) is 5.29. The monoisotopic (exact) mass is 440 g/mol. The van der Waals surface area contributed by atoms with Crippen molar-refractivity contribution in [2.75, 3.05) is 20.1 Å². The summed E-state index contributed by atoms with van der Waals surface area (Å²) in [5, 5.41) is 6.56. The van der Waals surface area contributed by atoms with Crippen molar-refractivity contribution in [3.63, 3.8) is 0 Å². The van der Waals surface area contributed by atoms with Crippen molar-refractivity contribution < 1.29 is 9.18 Å². The van der Waals surface area contributed by atoms with E-state index in [1.165, 1.54) is 6.07 Å². The Morgan fingerprint density at radius 2 is 2.00 bits per heavy atom. The molecule has 2 N–H and O–H groups in total. The number of halogens is 2. The van der Waals surface area contributed by atoms with Crippen molar-refractivity contribution in [1.29, 1.82) is 0 Å².